The van der Waals surface area contributed by atoms with Crippen LogP contribution in [0.25, 0.3) is 0 Å². The number of aryl methyl sites for hydroxylation is 1. The van der Waals surface area contributed by atoms with Crippen LogP contribution in [0.15, 0.2) is 6.07 Å². The minimum atomic E-state index is 0.0579. The summed E-state index contributed by atoms with van der Waals surface area (Å²) in [6, 6.07) is 1.68. The fourth-order valence-electron chi connectivity index (χ4n) is 0.597. The van der Waals surface area contributed by atoms with E-state index in [2.05, 4.69) is 4.98 Å². The summed E-state index contributed by atoms with van der Waals surface area (Å²) in [5.74, 6) is 0.0579. The van der Waals surface area contributed by atoms with Crippen LogP contribution in [-0.2, 0) is 0 Å². The molecule has 3 heteroatoms. The van der Waals surface area contributed by atoms with Gasteiger partial charge in [0.1, 0.15) is 0 Å². The highest BCUT2D eigenvalue weighted by Gasteiger charge is 1.96. The zero-order valence-corrected chi connectivity index (χ0v) is 4.60. The molecule has 1 aromatic heterocycles. The number of aromatic hydroxyl groups is 1. The summed E-state index contributed by atoms with van der Waals surface area (Å²) < 4.78 is 0. The van der Waals surface area contributed by atoms with Gasteiger partial charge in [-0.2, -0.15) is 0 Å². The van der Waals surface area contributed by atoms with Crippen LogP contribution in [0.3, 0.4) is 0 Å². The number of hydrogen-bond acceptors (Lipinski definition) is 2. The predicted octanol–water partition coefficient (Wildman–Crippen LogP) is 0.611. The van der Waals surface area contributed by atoms with Crippen LogP contribution >= 0.6 is 0 Å². The van der Waals surface area contributed by atoms with Gasteiger partial charge < -0.3 is 15.8 Å². The lowest BCUT2D eigenvalue weighted by atomic mass is 10.4. The maximum Gasteiger partial charge on any atom is 0.212 e. The third-order valence-electron chi connectivity index (χ3n) is 0.961. The van der Waals surface area contributed by atoms with Crippen LogP contribution in [0, 0.1) is 6.92 Å². The smallest absolute Gasteiger partial charge is 0.212 e. The van der Waals surface area contributed by atoms with Gasteiger partial charge in [-0.25, -0.2) is 0 Å². The van der Waals surface area contributed by atoms with Gasteiger partial charge in [-0.05, 0) is 13.0 Å². The highest BCUT2D eigenvalue weighted by Crippen LogP contribution is 2.17. The van der Waals surface area contributed by atoms with Crippen molar-refractivity contribution in [3.05, 3.63) is 11.8 Å². The van der Waals surface area contributed by atoms with Crippen LogP contribution in [0.1, 0.15) is 5.69 Å². The molecule has 0 aliphatic rings. The molecule has 44 valence electrons. The van der Waals surface area contributed by atoms with Crippen LogP contribution in [0.2, 0.25) is 0 Å². The van der Waals surface area contributed by atoms with Crippen molar-refractivity contribution in [1.29, 1.82) is 0 Å². The lowest BCUT2D eigenvalue weighted by Crippen LogP contribution is -1.78. The van der Waals surface area contributed by atoms with E-state index in [-0.39, 0.29) is 5.88 Å². The largest absolute Gasteiger partial charge is 0.493 e. The van der Waals surface area contributed by atoms with Crippen molar-refractivity contribution in [2.45, 2.75) is 6.92 Å². The maximum absolute atomic E-state index is 8.76. The number of nitrogen functional groups attached to an aromatic ring is 1. The van der Waals surface area contributed by atoms with Gasteiger partial charge in [0.2, 0.25) is 5.88 Å². The third-order valence-corrected chi connectivity index (χ3v) is 0.961. The van der Waals surface area contributed by atoms with Gasteiger partial charge in [0, 0.05) is 5.69 Å². The molecule has 1 aromatic rings. The fourth-order valence-corrected chi connectivity index (χ4v) is 0.597. The Kier molecular flexibility index (Phi) is 0.901. The van der Waals surface area contributed by atoms with E-state index in [0.29, 0.717) is 5.69 Å². The van der Waals surface area contributed by atoms with E-state index >= 15 is 0 Å². The molecule has 0 aromatic carbocycles. The highest BCUT2D eigenvalue weighted by atomic mass is 16.3. The second-order valence-electron chi connectivity index (χ2n) is 1.76. The van der Waals surface area contributed by atoms with Crippen LogP contribution in [0.4, 0.5) is 5.69 Å². The summed E-state index contributed by atoms with van der Waals surface area (Å²) in [7, 11) is 0. The number of anilines is 1. The van der Waals surface area contributed by atoms with Crippen molar-refractivity contribution in [2.75, 3.05) is 5.73 Å². The first-order chi connectivity index (χ1) is 3.70. The summed E-state index contributed by atoms with van der Waals surface area (Å²) >= 11 is 0. The average Bonchev–Trinajstić information content (AvgIpc) is 1.85. The Morgan fingerprint density at radius 3 is 2.50 bits per heavy atom. The quantitative estimate of drug-likeness (QED) is 0.460. The molecule has 0 radical (unpaired) electrons. The van der Waals surface area contributed by atoms with Gasteiger partial charge in [0.15, 0.2) is 0 Å². The van der Waals surface area contributed by atoms with Crippen molar-refractivity contribution in [3.63, 3.8) is 0 Å². The van der Waals surface area contributed by atoms with E-state index in [1.807, 2.05) is 6.92 Å². The molecule has 3 nitrogen and oxygen atoms in total. The highest BCUT2D eigenvalue weighted by molar-refractivity contribution is 5.49. The standard InChI is InChI=1S/C5H8N2O/c1-3-2-4(6)5(8)7-3/h2,7-8H,6H2,1H3. The number of nitrogens with two attached hydrogens (primary N) is 1. The van der Waals surface area contributed by atoms with Gasteiger partial charge in [-0.15, -0.1) is 0 Å². The van der Waals surface area contributed by atoms with Gasteiger partial charge in [0.25, 0.3) is 0 Å². The van der Waals surface area contributed by atoms with E-state index in [9.17, 15) is 0 Å². The summed E-state index contributed by atoms with van der Waals surface area (Å²) in [5.41, 5.74) is 6.54. The summed E-state index contributed by atoms with van der Waals surface area (Å²) in [6.07, 6.45) is 0. The number of nitrogens with one attached hydrogen (secondary N) is 1. The Bertz CT molecular complexity index is 173. The number of aromatic amines is 1. The van der Waals surface area contributed by atoms with Crippen molar-refractivity contribution >= 4 is 5.69 Å². The van der Waals surface area contributed by atoms with Crippen LogP contribution in [-0.4, -0.2) is 10.1 Å². The Balaban J connectivity index is 3.14. The molecule has 1 rings (SSSR count). The van der Waals surface area contributed by atoms with Gasteiger partial charge >= 0.3 is 0 Å². The second kappa shape index (κ2) is 1.43. The number of rotatable bonds is 0. The first kappa shape index (κ1) is 5.03. The molecule has 0 bridgehead atoms. The molecule has 0 amide bonds. The molecule has 0 spiro atoms. The van der Waals surface area contributed by atoms with E-state index in [0.717, 1.165) is 5.69 Å². The molecule has 0 aliphatic carbocycles. The normalized spacial score (nSPS) is 9.62. The lowest BCUT2D eigenvalue weighted by Gasteiger charge is -1.81. The van der Waals surface area contributed by atoms with Crippen molar-refractivity contribution < 1.29 is 5.11 Å². The van der Waals surface area contributed by atoms with Crippen molar-refractivity contribution in [1.82, 2.24) is 4.98 Å². The summed E-state index contributed by atoms with van der Waals surface area (Å²) in [4.78, 5) is 2.64. The van der Waals surface area contributed by atoms with E-state index in [1.165, 1.54) is 0 Å². The SMILES string of the molecule is Cc1cc(N)c(O)[nH]1. The molecule has 0 unspecified atom stereocenters. The molecule has 0 fully saturated rings. The van der Waals surface area contributed by atoms with Crippen LogP contribution in [0.5, 0.6) is 5.88 Å². The van der Waals surface area contributed by atoms with Gasteiger partial charge in [-0.3, -0.25) is 0 Å². The summed E-state index contributed by atoms with van der Waals surface area (Å²) in [5, 5.41) is 8.76. The Labute approximate surface area is 47.1 Å². The van der Waals surface area contributed by atoms with Crippen molar-refractivity contribution in [3.8, 4) is 5.88 Å². The van der Waals surface area contributed by atoms with E-state index in [1.54, 1.807) is 6.07 Å². The number of H-pyrrole nitrogens is 1. The zero-order valence-electron chi connectivity index (χ0n) is 4.60. The molecular weight excluding hydrogens is 104 g/mol. The first-order valence-corrected chi connectivity index (χ1v) is 2.34. The Morgan fingerprint density at radius 2 is 2.38 bits per heavy atom. The molecule has 4 N–H and O–H groups in total. The second-order valence-corrected chi connectivity index (χ2v) is 1.76. The topological polar surface area (TPSA) is 62.0 Å². The molecular formula is C5H8N2O. The predicted molar refractivity (Wildman–Crippen MR) is 31.6 cm³/mol. The molecule has 0 saturated carbocycles. The fraction of sp³-hybridized carbons (Fsp3) is 0.200. The number of hydrogen-bond donors (Lipinski definition) is 3. The van der Waals surface area contributed by atoms with E-state index < -0.39 is 0 Å². The first-order valence-electron chi connectivity index (χ1n) is 2.34. The Morgan fingerprint density at radius 1 is 1.75 bits per heavy atom. The minimum Gasteiger partial charge on any atom is -0.493 e. The summed E-state index contributed by atoms with van der Waals surface area (Å²) in [6.45, 7) is 1.83. The maximum atomic E-state index is 8.76. The van der Waals surface area contributed by atoms with Gasteiger partial charge in [0.05, 0.1) is 5.69 Å². The molecule has 0 aliphatic heterocycles. The van der Waals surface area contributed by atoms with Gasteiger partial charge in [-0.1, -0.05) is 0 Å². The lowest BCUT2D eigenvalue weighted by molar-refractivity contribution is 0.459. The Hall–Kier alpha value is -1.12. The average molecular weight is 112 g/mol. The monoisotopic (exact) mass is 112 g/mol. The van der Waals surface area contributed by atoms with E-state index in [4.69, 9.17) is 10.8 Å². The molecule has 8 heavy (non-hydrogen) atoms. The molecule has 0 saturated heterocycles. The molecule has 1 heterocycles. The minimum absolute atomic E-state index is 0.0579. The zero-order chi connectivity index (χ0) is 6.15. The molecule has 0 atom stereocenters. The van der Waals surface area contributed by atoms with Crippen LogP contribution < -0.4 is 5.73 Å². The third kappa shape index (κ3) is 0.621. The number of aromatic nitrogens is 1. The van der Waals surface area contributed by atoms with Crippen molar-refractivity contribution in [2.24, 2.45) is 0 Å².